The zero-order valence-corrected chi connectivity index (χ0v) is 11.8. The summed E-state index contributed by atoms with van der Waals surface area (Å²) in [6.45, 7) is 5.61. The lowest BCUT2D eigenvalue weighted by Gasteiger charge is -2.25. The maximum atomic E-state index is 5.88. The maximum absolute atomic E-state index is 5.88. The van der Waals surface area contributed by atoms with E-state index < -0.39 is 0 Å². The Morgan fingerprint density at radius 3 is 2.95 bits per heavy atom. The van der Waals surface area contributed by atoms with E-state index in [0.717, 1.165) is 23.8 Å². The van der Waals surface area contributed by atoms with Crippen molar-refractivity contribution in [3.8, 4) is 5.75 Å². The Morgan fingerprint density at radius 2 is 2.25 bits per heavy atom. The summed E-state index contributed by atoms with van der Waals surface area (Å²) >= 11 is 0. The van der Waals surface area contributed by atoms with E-state index in [1.165, 1.54) is 19.3 Å². The third kappa shape index (κ3) is 4.30. The third-order valence-corrected chi connectivity index (χ3v) is 3.55. The first-order chi connectivity index (χ1) is 9.79. The molecular formula is C16H23N3O. The second kappa shape index (κ2) is 7.58. The predicted molar refractivity (Wildman–Crippen MR) is 82.8 cm³/mol. The summed E-state index contributed by atoms with van der Waals surface area (Å²) in [6.07, 6.45) is 5.68. The van der Waals surface area contributed by atoms with Gasteiger partial charge >= 0.3 is 0 Å². The summed E-state index contributed by atoms with van der Waals surface area (Å²) in [5.74, 6) is 2.12. The van der Waals surface area contributed by atoms with Crippen molar-refractivity contribution in [2.24, 2.45) is 16.6 Å². The quantitative estimate of drug-likeness (QED) is 0.456. The second-order valence-corrected chi connectivity index (χ2v) is 5.09. The number of guanidine groups is 1. The molecule has 0 heterocycles. The molecule has 0 unspecified atom stereocenters. The summed E-state index contributed by atoms with van der Waals surface area (Å²) in [5.41, 5.74) is 6.91. The molecule has 20 heavy (non-hydrogen) atoms. The van der Waals surface area contributed by atoms with Crippen LogP contribution in [0.25, 0.3) is 0 Å². The van der Waals surface area contributed by atoms with Crippen LogP contribution in [0.4, 0.5) is 0 Å². The Morgan fingerprint density at radius 1 is 1.45 bits per heavy atom. The van der Waals surface area contributed by atoms with Crippen LogP contribution >= 0.6 is 0 Å². The lowest BCUT2D eigenvalue weighted by Crippen LogP contribution is -2.37. The van der Waals surface area contributed by atoms with Crippen LogP contribution in [0.3, 0.4) is 0 Å². The molecule has 0 atom stereocenters. The van der Waals surface area contributed by atoms with Crippen molar-refractivity contribution in [2.45, 2.75) is 25.8 Å². The molecule has 0 amide bonds. The van der Waals surface area contributed by atoms with E-state index in [1.54, 1.807) is 6.08 Å². The van der Waals surface area contributed by atoms with Gasteiger partial charge in [-0.15, -0.1) is 0 Å². The lowest BCUT2D eigenvalue weighted by atomic mass is 9.85. The Labute approximate surface area is 120 Å². The SMILES string of the molecule is C=CCOc1ccccc1CN=C(N)NCC1CCC1. The standard InChI is InChI=1S/C16H23N3O/c1-2-10-20-15-9-4-3-8-14(15)12-19-16(17)18-11-13-6-5-7-13/h2-4,8-9,13H,1,5-7,10-12H2,(H3,17,18,19). The van der Waals surface area contributed by atoms with Gasteiger partial charge in [-0.25, -0.2) is 4.99 Å². The fourth-order valence-corrected chi connectivity index (χ4v) is 2.10. The van der Waals surface area contributed by atoms with E-state index in [4.69, 9.17) is 10.5 Å². The van der Waals surface area contributed by atoms with Gasteiger partial charge in [0.25, 0.3) is 0 Å². The average molecular weight is 273 g/mol. The molecule has 0 saturated heterocycles. The van der Waals surface area contributed by atoms with Gasteiger partial charge in [0.2, 0.25) is 0 Å². The minimum atomic E-state index is 0.496. The number of nitrogens with one attached hydrogen (secondary N) is 1. The largest absolute Gasteiger partial charge is 0.489 e. The first kappa shape index (κ1) is 14.4. The van der Waals surface area contributed by atoms with Crippen LogP contribution in [0.1, 0.15) is 24.8 Å². The van der Waals surface area contributed by atoms with Crippen LogP contribution in [0.2, 0.25) is 0 Å². The molecule has 0 aliphatic heterocycles. The van der Waals surface area contributed by atoms with Crippen LogP contribution in [0, 0.1) is 5.92 Å². The summed E-state index contributed by atoms with van der Waals surface area (Å²) < 4.78 is 5.59. The van der Waals surface area contributed by atoms with Crippen molar-refractivity contribution in [1.82, 2.24) is 5.32 Å². The summed E-state index contributed by atoms with van der Waals surface area (Å²) in [6, 6.07) is 7.86. The summed E-state index contributed by atoms with van der Waals surface area (Å²) in [4.78, 5) is 4.37. The van der Waals surface area contributed by atoms with Crippen molar-refractivity contribution in [2.75, 3.05) is 13.2 Å². The molecule has 1 aliphatic carbocycles. The molecule has 1 fully saturated rings. The molecule has 0 radical (unpaired) electrons. The molecule has 2 rings (SSSR count). The van der Waals surface area contributed by atoms with Gasteiger partial charge in [-0.2, -0.15) is 0 Å². The normalized spacial score (nSPS) is 15.5. The fraction of sp³-hybridized carbons (Fsp3) is 0.438. The molecule has 1 aromatic rings. The number of rotatable bonds is 7. The van der Waals surface area contributed by atoms with Crippen LogP contribution in [-0.4, -0.2) is 19.1 Å². The topological polar surface area (TPSA) is 59.6 Å². The average Bonchev–Trinajstić information content (AvgIpc) is 2.42. The molecule has 4 heteroatoms. The molecular weight excluding hydrogens is 250 g/mol. The highest BCUT2D eigenvalue weighted by atomic mass is 16.5. The smallest absolute Gasteiger partial charge is 0.188 e. The Hall–Kier alpha value is -1.97. The molecule has 3 N–H and O–H groups in total. The van der Waals surface area contributed by atoms with Gasteiger partial charge in [0.05, 0.1) is 6.54 Å². The predicted octanol–water partition coefficient (Wildman–Crippen LogP) is 2.46. The fourth-order valence-electron chi connectivity index (χ4n) is 2.10. The van der Waals surface area contributed by atoms with Gasteiger partial charge in [-0.1, -0.05) is 37.3 Å². The zero-order chi connectivity index (χ0) is 14.2. The maximum Gasteiger partial charge on any atom is 0.188 e. The van der Waals surface area contributed by atoms with Crippen molar-refractivity contribution in [3.05, 3.63) is 42.5 Å². The van der Waals surface area contributed by atoms with Crippen molar-refractivity contribution in [3.63, 3.8) is 0 Å². The highest BCUT2D eigenvalue weighted by Gasteiger charge is 2.16. The zero-order valence-electron chi connectivity index (χ0n) is 11.8. The third-order valence-electron chi connectivity index (χ3n) is 3.55. The van der Waals surface area contributed by atoms with E-state index in [1.807, 2.05) is 24.3 Å². The monoisotopic (exact) mass is 273 g/mol. The highest BCUT2D eigenvalue weighted by Crippen LogP contribution is 2.25. The number of benzene rings is 1. The van der Waals surface area contributed by atoms with Gasteiger partial charge in [0.1, 0.15) is 12.4 Å². The van der Waals surface area contributed by atoms with E-state index in [0.29, 0.717) is 19.1 Å². The Kier molecular flexibility index (Phi) is 5.47. The van der Waals surface area contributed by atoms with E-state index >= 15 is 0 Å². The van der Waals surface area contributed by atoms with Crippen molar-refractivity contribution < 1.29 is 4.74 Å². The van der Waals surface area contributed by atoms with Gasteiger partial charge in [-0.05, 0) is 24.8 Å². The van der Waals surface area contributed by atoms with Gasteiger partial charge in [0.15, 0.2) is 5.96 Å². The molecule has 1 saturated carbocycles. The lowest BCUT2D eigenvalue weighted by molar-refractivity contribution is 0.315. The van der Waals surface area contributed by atoms with Gasteiger partial charge in [0, 0.05) is 12.1 Å². The first-order valence-corrected chi connectivity index (χ1v) is 7.15. The number of para-hydroxylation sites is 1. The van der Waals surface area contributed by atoms with E-state index in [2.05, 4.69) is 16.9 Å². The molecule has 1 aromatic carbocycles. The van der Waals surface area contributed by atoms with Crippen LogP contribution in [0.15, 0.2) is 41.9 Å². The van der Waals surface area contributed by atoms with Crippen molar-refractivity contribution in [1.29, 1.82) is 0 Å². The molecule has 0 spiro atoms. The number of hydrogen-bond donors (Lipinski definition) is 2. The number of nitrogens with two attached hydrogens (primary N) is 1. The van der Waals surface area contributed by atoms with Gasteiger partial charge in [-0.3, -0.25) is 0 Å². The van der Waals surface area contributed by atoms with Crippen molar-refractivity contribution >= 4 is 5.96 Å². The van der Waals surface area contributed by atoms with Crippen LogP contribution in [0.5, 0.6) is 5.75 Å². The molecule has 0 bridgehead atoms. The molecule has 4 nitrogen and oxygen atoms in total. The minimum absolute atomic E-state index is 0.496. The first-order valence-electron chi connectivity index (χ1n) is 7.15. The second-order valence-electron chi connectivity index (χ2n) is 5.09. The molecule has 108 valence electrons. The molecule has 1 aliphatic rings. The van der Waals surface area contributed by atoms with Gasteiger partial charge < -0.3 is 15.8 Å². The number of aliphatic imine (C=N–C) groups is 1. The molecule has 0 aromatic heterocycles. The van der Waals surface area contributed by atoms with E-state index in [-0.39, 0.29) is 0 Å². The van der Waals surface area contributed by atoms with Crippen LogP contribution in [-0.2, 0) is 6.54 Å². The highest BCUT2D eigenvalue weighted by molar-refractivity contribution is 5.77. The summed E-state index contributed by atoms with van der Waals surface area (Å²) in [7, 11) is 0. The Balaban J connectivity index is 1.86. The van der Waals surface area contributed by atoms with Crippen LogP contribution < -0.4 is 15.8 Å². The Bertz CT molecular complexity index is 467. The summed E-state index contributed by atoms with van der Waals surface area (Å²) in [5, 5.41) is 3.19. The van der Waals surface area contributed by atoms with E-state index in [9.17, 15) is 0 Å². The number of nitrogens with zero attached hydrogens (tertiary/aromatic N) is 1. The number of ether oxygens (including phenoxy) is 1. The number of hydrogen-bond acceptors (Lipinski definition) is 2. The minimum Gasteiger partial charge on any atom is -0.489 e.